The lowest BCUT2D eigenvalue weighted by Crippen LogP contribution is -2.28. The van der Waals surface area contributed by atoms with Crippen molar-refractivity contribution < 1.29 is 0 Å². The minimum Gasteiger partial charge on any atom is -0.303 e. The molecule has 0 aliphatic heterocycles. The van der Waals surface area contributed by atoms with E-state index in [9.17, 15) is 0 Å². The molecule has 21 heavy (non-hydrogen) atoms. The van der Waals surface area contributed by atoms with Gasteiger partial charge in [0.15, 0.2) is 0 Å². The molecule has 1 N–H and O–H groups in total. The predicted molar refractivity (Wildman–Crippen MR) is 89.9 cm³/mol. The average molecular weight is 297 g/mol. The van der Waals surface area contributed by atoms with Crippen molar-refractivity contribution in [2.24, 2.45) is 0 Å². The highest BCUT2D eigenvalue weighted by Gasteiger charge is 2.26. The van der Waals surface area contributed by atoms with E-state index in [-0.39, 0.29) is 0 Å². The van der Waals surface area contributed by atoms with E-state index < -0.39 is 0 Å². The standard InChI is InChI=1S/C19H23NS/c1-3-8-15-14(6-1)7-2-4-9-17(15)20-18-10-5-11-19-16(18)12-13-21-19/h1,3,6,8,12-13,17-18,20H,2,4-5,7,9-11H2. The zero-order valence-corrected chi connectivity index (χ0v) is 13.3. The molecule has 0 spiro atoms. The Kier molecular flexibility index (Phi) is 3.83. The second-order valence-corrected chi connectivity index (χ2v) is 7.41. The fraction of sp³-hybridized carbons (Fsp3) is 0.474. The summed E-state index contributed by atoms with van der Waals surface area (Å²) in [5.74, 6) is 0. The van der Waals surface area contributed by atoms with Crippen molar-refractivity contribution in [3.8, 4) is 0 Å². The number of rotatable bonds is 2. The smallest absolute Gasteiger partial charge is 0.0336 e. The molecular weight excluding hydrogens is 274 g/mol. The molecule has 0 amide bonds. The fourth-order valence-electron chi connectivity index (χ4n) is 4.00. The molecule has 4 rings (SSSR count). The van der Waals surface area contributed by atoms with E-state index in [1.807, 2.05) is 11.3 Å². The van der Waals surface area contributed by atoms with E-state index in [1.54, 1.807) is 21.6 Å². The summed E-state index contributed by atoms with van der Waals surface area (Å²) in [5, 5.41) is 6.27. The monoisotopic (exact) mass is 297 g/mol. The Morgan fingerprint density at radius 1 is 0.857 bits per heavy atom. The van der Waals surface area contributed by atoms with Crippen molar-refractivity contribution in [1.29, 1.82) is 0 Å². The van der Waals surface area contributed by atoms with Gasteiger partial charge in [-0.05, 0) is 66.7 Å². The highest BCUT2D eigenvalue weighted by molar-refractivity contribution is 7.10. The Labute approximate surface area is 131 Å². The molecule has 1 aromatic carbocycles. The van der Waals surface area contributed by atoms with Gasteiger partial charge in [0, 0.05) is 17.0 Å². The van der Waals surface area contributed by atoms with E-state index in [0.29, 0.717) is 12.1 Å². The van der Waals surface area contributed by atoms with Crippen LogP contribution in [-0.2, 0) is 12.8 Å². The lowest BCUT2D eigenvalue weighted by molar-refractivity contribution is 0.385. The number of hydrogen-bond acceptors (Lipinski definition) is 2. The quantitative estimate of drug-likeness (QED) is 0.753. The van der Waals surface area contributed by atoms with Gasteiger partial charge in [0.25, 0.3) is 0 Å². The molecule has 0 bridgehead atoms. The SMILES string of the molecule is c1ccc2c(c1)CCCCC2NC1CCCc2sccc21. The van der Waals surface area contributed by atoms with Crippen LogP contribution in [0.5, 0.6) is 0 Å². The van der Waals surface area contributed by atoms with Gasteiger partial charge in [-0.3, -0.25) is 0 Å². The largest absolute Gasteiger partial charge is 0.303 e. The first-order valence-electron chi connectivity index (χ1n) is 8.32. The maximum Gasteiger partial charge on any atom is 0.0336 e. The van der Waals surface area contributed by atoms with Crippen molar-refractivity contribution in [1.82, 2.24) is 5.32 Å². The maximum atomic E-state index is 4.00. The second kappa shape index (κ2) is 5.94. The maximum absolute atomic E-state index is 4.00. The first-order chi connectivity index (χ1) is 10.4. The third-order valence-corrected chi connectivity index (χ3v) is 6.07. The molecule has 2 heteroatoms. The van der Waals surface area contributed by atoms with Crippen molar-refractivity contribution in [2.75, 3.05) is 0 Å². The number of aryl methyl sites for hydroxylation is 2. The van der Waals surface area contributed by atoms with Crippen molar-refractivity contribution in [3.05, 3.63) is 57.3 Å². The molecule has 2 aliphatic rings. The van der Waals surface area contributed by atoms with E-state index in [0.717, 1.165) is 0 Å². The molecule has 0 radical (unpaired) electrons. The van der Waals surface area contributed by atoms with E-state index in [2.05, 4.69) is 41.0 Å². The van der Waals surface area contributed by atoms with Gasteiger partial charge in [-0.15, -0.1) is 11.3 Å². The molecule has 1 nitrogen and oxygen atoms in total. The topological polar surface area (TPSA) is 12.0 Å². The zero-order valence-electron chi connectivity index (χ0n) is 12.5. The first kappa shape index (κ1) is 13.5. The molecule has 110 valence electrons. The first-order valence-corrected chi connectivity index (χ1v) is 9.20. The normalized spacial score (nSPS) is 25.0. The zero-order chi connectivity index (χ0) is 14.1. The molecule has 1 aromatic heterocycles. The van der Waals surface area contributed by atoms with E-state index in [1.165, 1.54) is 44.9 Å². The number of fused-ring (bicyclic) bond motifs is 2. The van der Waals surface area contributed by atoms with Crippen LogP contribution < -0.4 is 5.32 Å². The highest BCUT2D eigenvalue weighted by atomic mass is 32.1. The molecule has 0 saturated heterocycles. The van der Waals surface area contributed by atoms with E-state index in [4.69, 9.17) is 0 Å². The highest BCUT2D eigenvalue weighted by Crippen LogP contribution is 2.37. The Morgan fingerprint density at radius 2 is 1.71 bits per heavy atom. The van der Waals surface area contributed by atoms with Crippen LogP contribution in [0.25, 0.3) is 0 Å². The Bertz CT molecular complexity index is 616. The molecule has 0 saturated carbocycles. The van der Waals surface area contributed by atoms with Crippen LogP contribution in [0.1, 0.15) is 65.8 Å². The summed E-state index contributed by atoms with van der Waals surface area (Å²) in [6.45, 7) is 0. The van der Waals surface area contributed by atoms with Crippen LogP contribution in [0.2, 0.25) is 0 Å². The van der Waals surface area contributed by atoms with Gasteiger partial charge in [-0.1, -0.05) is 30.7 Å². The third kappa shape index (κ3) is 2.67. The van der Waals surface area contributed by atoms with Crippen LogP contribution in [0.3, 0.4) is 0 Å². The summed E-state index contributed by atoms with van der Waals surface area (Å²) in [7, 11) is 0. The number of hydrogen-bond donors (Lipinski definition) is 1. The summed E-state index contributed by atoms with van der Waals surface area (Å²) < 4.78 is 0. The summed E-state index contributed by atoms with van der Waals surface area (Å²) in [4.78, 5) is 1.61. The second-order valence-electron chi connectivity index (χ2n) is 6.41. The minimum absolute atomic E-state index is 0.541. The molecule has 0 fully saturated rings. The molecule has 1 heterocycles. The average Bonchev–Trinajstić information content (AvgIpc) is 2.91. The number of thiophene rings is 1. The number of benzene rings is 1. The van der Waals surface area contributed by atoms with Crippen LogP contribution >= 0.6 is 11.3 Å². The molecule has 2 atom stereocenters. The lowest BCUT2D eigenvalue weighted by atomic mass is 9.91. The third-order valence-electron chi connectivity index (χ3n) is 5.07. The summed E-state index contributed by atoms with van der Waals surface area (Å²) in [6.07, 6.45) is 9.13. The Morgan fingerprint density at radius 3 is 2.71 bits per heavy atom. The van der Waals surface area contributed by atoms with Crippen LogP contribution in [0.15, 0.2) is 35.7 Å². The summed E-state index contributed by atoms with van der Waals surface area (Å²) >= 11 is 1.94. The van der Waals surface area contributed by atoms with Gasteiger partial charge in [0.2, 0.25) is 0 Å². The lowest BCUT2D eigenvalue weighted by Gasteiger charge is -2.29. The van der Waals surface area contributed by atoms with Crippen LogP contribution in [0.4, 0.5) is 0 Å². The van der Waals surface area contributed by atoms with Crippen molar-refractivity contribution in [2.45, 2.75) is 57.0 Å². The number of nitrogens with one attached hydrogen (secondary N) is 1. The van der Waals surface area contributed by atoms with Crippen LogP contribution in [0, 0.1) is 0 Å². The summed E-state index contributed by atoms with van der Waals surface area (Å²) in [5.41, 5.74) is 4.69. The van der Waals surface area contributed by atoms with Crippen molar-refractivity contribution in [3.63, 3.8) is 0 Å². The molecule has 2 unspecified atom stereocenters. The fourth-order valence-corrected chi connectivity index (χ4v) is 4.98. The van der Waals surface area contributed by atoms with Crippen molar-refractivity contribution >= 4 is 11.3 Å². The molecule has 2 aliphatic carbocycles. The predicted octanol–water partition coefficient (Wildman–Crippen LogP) is 5.18. The van der Waals surface area contributed by atoms with Gasteiger partial charge >= 0.3 is 0 Å². The van der Waals surface area contributed by atoms with Gasteiger partial charge < -0.3 is 5.32 Å². The minimum atomic E-state index is 0.541. The Balaban J connectivity index is 1.61. The van der Waals surface area contributed by atoms with Gasteiger partial charge in [0.1, 0.15) is 0 Å². The summed E-state index contributed by atoms with van der Waals surface area (Å²) in [6, 6.07) is 12.5. The van der Waals surface area contributed by atoms with Gasteiger partial charge in [-0.25, -0.2) is 0 Å². The molecule has 2 aromatic rings. The van der Waals surface area contributed by atoms with E-state index >= 15 is 0 Å². The molecular formula is C19H23NS. The van der Waals surface area contributed by atoms with Crippen LogP contribution in [-0.4, -0.2) is 0 Å². The Hall–Kier alpha value is -1.12. The van der Waals surface area contributed by atoms with Gasteiger partial charge in [-0.2, -0.15) is 0 Å². The van der Waals surface area contributed by atoms with Gasteiger partial charge in [0.05, 0.1) is 0 Å².